The number of benzene rings is 5. The van der Waals surface area contributed by atoms with Crippen LogP contribution in [0, 0.1) is 0 Å². The summed E-state index contributed by atoms with van der Waals surface area (Å²) in [7, 11) is 0. The highest BCUT2D eigenvalue weighted by molar-refractivity contribution is 5.47. The molecule has 7 rings (SSSR count). The lowest BCUT2D eigenvalue weighted by Gasteiger charge is -2.41. The number of likely N-dealkylation sites (tertiary alicyclic amines) is 2. The smallest absolute Gasteiger partial charge is 0.130 e. The minimum atomic E-state index is -1.21. The van der Waals surface area contributed by atoms with Crippen LogP contribution >= 0.6 is 0 Å². The van der Waals surface area contributed by atoms with E-state index in [0.29, 0.717) is 18.8 Å². The molecule has 0 bridgehead atoms. The first-order valence-electron chi connectivity index (χ1n) is 18.6. The SMILES string of the molecule is CC(C)(C)c1cc(CN2CCCC2C(O)(c2ccccc2)c2ccccc2)c(O)c(CN2CCC[C@@H]2C(O)(c2ccccc2)c2ccccc2)c1. The molecule has 0 aliphatic carbocycles. The summed E-state index contributed by atoms with van der Waals surface area (Å²) in [6.45, 7) is 9.37. The molecule has 51 heavy (non-hydrogen) atoms. The van der Waals surface area contributed by atoms with E-state index in [0.717, 1.165) is 72.2 Å². The number of aromatic hydroxyl groups is 1. The second kappa shape index (κ2) is 14.4. The van der Waals surface area contributed by atoms with E-state index in [1.54, 1.807) is 0 Å². The average Bonchev–Trinajstić information content (AvgIpc) is 3.84. The van der Waals surface area contributed by atoms with Gasteiger partial charge in [-0.2, -0.15) is 0 Å². The number of aliphatic hydroxyl groups is 2. The standard InChI is InChI=1S/C46H52N2O3/c1-44(2,3)40-30-34(32-47-28-16-26-41(47)45(50,36-18-8-4-9-19-36)37-20-10-5-11-21-37)43(49)35(31-40)33-48-29-17-27-42(48)46(51,38-22-12-6-13-23-38)39-24-14-7-15-25-39/h4-15,18-25,30-31,41-42,49-51H,16-17,26-29,32-33H2,1-3H3/t41-,42?/m1/s1. The third kappa shape index (κ3) is 6.76. The van der Waals surface area contributed by atoms with Crippen LogP contribution in [0.4, 0.5) is 0 Å². The van der Waals surface area contributed by atoms with Gasteiger partial charge >= 0.3 is 0 Å². The summed E-state index contributed by atoms with van der Waals surface area (Å²) in [6, 6.07) is 44.1. The van der Waals surface area contributed by atoms with E-state index in [1.165, 1.54) is 5.56 Å². The zero-order valence-corrected chi connectivity index (χ0v) is 30.2. The quantitative estimate of drug-likeness (QED) is 0.138. The highest BCUT2D eigenvalue weighted by Gasteiger charge is 2.47. The molecule has 1 unspecified atom stereocenters. The Balaban J connectivity index is 1.25. The van der Waals surface area contributed by atoms with Crippen LogP contribution < -0.4 is 0 Å². The van der Waals surface area contributed by atoms with Crippen LogP contribution in [0.25, 0.3) is 0 Å². The van der Waals surface area contributed by atoms with Gasteiger partial charge in [0.05, 0.1) is 0 Å². The molecule has 0 aromatic heterocycles. The Labute approximate surface area is 303 Å². The molecule has 2 aliphatic heterocycles. The van der Waals surface area contributed by atoms with Gasteiger partial charge in [0, 0.05) is 36.3 Å². The number of phenolic OH excluding ortho intramolecular Hbond substituents is 1. The van der Waals surface area contributed by atoms with Crippen LogP contribution in [0.5, 0.6) is 5.75 Å². The largest absolute Gasteiger partial charge is 0.507 e. The zero-order valence-electron chi connectivity index (χ0n) is 30.2. The van der Waals surface area contributed by atoms with E-state index >= 15 is 0 Å². The number of rotatable bonds is 10. The van der Waals surface area contributed by atoms with Crippen LogP contribution in [0.15, 0.2) is 133 Å². The van der Waals surface area contributed by atoms with Gasteiger partial charge in [0.2, 0.25) is 0 Å². The van der Waals surface area contributed by atoms with Gasteiger partial charge in [-0.3, -0.25) is 9.80 Å². The van der Waals surface area contributed by atoms with E-state index in [9.17, 15) is 15.3 Å². The molecule has 264 valence electrons. The van der Waals surface area contributed by atoms with Crippen molar-refractivity contribution >= 4 is 0 Å². The summed E-state index contributed by atoms with van der Waals surface area (Å²) in [4.78, 5) is 4.74. The Morgan fingerprint density at radius 2 is 0.824 bits per heavy atom. The van der Waals surface area contributed by atoms with E-state index in [-0.39, 0.29) is 17.5 Å². The highest BCUT2D eigenvalue weighted by Crippen LogP contribution is 2.44. The van der Waals surface area contributed by atoms with Crippen molar-refractivity contribution in [1.29, 1.82) is 0 Å². The number of hydrogen-bond acceptors (Lipinski definition) is 5. The zero-order chi connectivity index (χ0) is 35.6. The normalized spacial score (nSPS) is 19.1. The van der Waals surface area contributed by atoms with Crippen LogP contribution in [-0.2, 0) is 29.7 Å². The van der Waals surface area contributed by atoms with Gasteiger partial charge < -0.3 is 15.3 Å². The third-order valence-electron chi connectivity index (χ3n) is 11.4. The van der Waals surface area contributed by atoms with Gasteiger partial charge in [-0.25, -0.2) is 0 Å². The fraction of sp³-hybridized carbons (Fsp3) is 0.348. The molecule has 5 aromatic rings. The molecule has 2 atom stereocenters. The fourth-order valence-corrected chi connectivity index (χ4v) is 8.72. The lowest BCUT2D eigenvalue weighted by molar-refractivity contribution is -0.00736. The van der Waals surface area contributed by atoms with E-state index in [1.807, 2.05) is 121 Å². The first kappa shape index (κ1) is 35.2. The molecule has 0 spiro atoms. The van der Waals surface area contributed by atoms with Crippen LogP contribution in [0.1, 0.15) is 85.4 Å². The second-order valence-electron chi connectivity index (χ2n) is 15.6. The predicted molar refractivity (Wildman–Crippen MR) is 205 cm³/mol. The highest BCUT2D eigenvalue weighted by atomic mass is 16.3. The maximum atomic E-state index is 12.8. The molecule has 2 fully saturated rings. The minimum absolute atomic E-state index is 0.143. The van der Waals surface area contributed by atoms with Crippen molar-refractivity contribution in [2.75, 3.05) is 13.1 Å². The third-order valence-corrected chi connectivity index (χ3v) is 11.4. The Hall–Kier alpha value is -4.26. The molecule has 0 saturated carbocycles. The monoisotopic (exact) mass is 680 g/mol. The number of hydrogen-bond donors (Lipinski definition) is 3. The molecular formula is C46H52N2O3. The second-order valence-corrected chi connectivity index (χ2v) is 15.6. The van der Waals surface area contributed by atoms with Crippen molar-refractivity contribution in [2.45, 2.75) is 88.2 Å². The van der Waals surface area contributed by atoms with Gasteiger partial charge in [-0.15, -0.1) is 0 Å². The van der Waals surface area contributed by atoms with Crippen molar-refractivity contribution in [3.63, 3.8) is 0 Å². The summed E-state index contributed by atoms with van der Waals surface area (Å²) in [5.74, 6) is 0.310. The molecule has 5 aromatic carbocycles. The summed E-state index contributed by atoms with van der Waals surface area (Å²) in [6.07, 6.45) is 3.62. The summed E-state index contributed by atoms with van der Waals surface area (Å²) in [5, 5.41) is 37.7. The van der Waals surface area contributed by atoms with Gasteiger partial charge in [0.25, 0.3) is 0 Å². The van der Waals surface area contributed by atoms with Crippen molar-refractivity contribution < 1.29 is 15.3 Å². The molecule has 0 amide bonds. The van der Waals surface area contributed by atoms with Crippen LogP contribution in [0.2, 0.25) is 0 Å². The predicted octanol–water partition coefficient (Wildman–Crippen LogP) is 8.49. The Morgan fingerprint density at radius 3 is 1.12 bits per heavy atom. The van der Waals surface area contributed by atoms with Gasteiger partial charge in [-0.05, 0) is 72.0 Å². The lowest BCUT2D eigenvalue weighted by Crippen LogP contribution is -2.48. The maximum absolute atomic E-state index is 12.8. The molecule has 2 aliphatic rings. The number of phenols is 1. The number of nitrogens with zero attached hydrogens (tertiary/aromatic N) is 2. The first-order valence-corrected chi connectivity index (χ1v) is 18.6. The van der Waals surface area contributed by atoms with E-state index < -0.39 is 11.2 Å². The van der Waals surface area contributed by atoms with Crippen LogP contribution in [-0.4, -0.2) is 50.3 Å². The van der Waals surface area contributed by atoms with Crippen molar-refractivity contribution in [3.8, 4) is 5.75 Å². The van der Waals surface area contributed by atoms with Crippen molar-refractivity contribution in [1.82, 2.24) is 9.80 Å². The molecule has 2 saturated heterocycles. The lowest BCUT2D eigenvalue weighted by atomic mass is 9.78. The summed E-state index contributed by atoms with van der Waals surface area (Å²) < 4.78 is 0. The average molecular weight is 681 g/mol. The Kier molecular flexibility index (Phi) is 9.93. The molecule has 5 heteroatoms. The van der Waals surface area contributed by atoms with Gasteiger partial charge in [0.15, 0.2) is 0 Å². The van der Waals surface area contributed by atoms with Crippen molar-refractivity contribution in [3.05, 3.63) is 172 Å². The van der Waals surface area contributed by atoms with Gasteiger partial charge in [-0.1, -0.05) is 154 Å². The van der Waals surface area contributed by atoms with Crippen LogP contribution in [0.3, 0.4) is 0 Å². The topological polar surface area (TPSA) is 67.2 Å². The first-order chi connectivity index (χ1) is 24.6. The summed E-state index contributed by atoms with van der Waals surface area (Å²) in [5.41, 5.74) is 3.89. The molecule has 5 nitrogen and oxygen atoms in total. The van der Waals surface area contributed by atoms with Gasteiger partial charge in [0.1, 0.15) is 17.0 Å². The van der Waals surface area contributed by atoms with Crippen molar-refractivity contribution in [2.24, 2.45) is 0 Å². The summed E-state index contributed by atoms with van der Waals surface area (Å²) >= 11 is 0. The minimum Gasteiger partial charge on any atom is -0.507 e. The molecular weight excluding hydrogens is 629 g/mol. The Bertz CT molecular complexity index is 1680. The molecule has 2 heterocycles. The Morgan fingerprint density at radius 1 is 0.510 bits per heavy atom. The van der Waals surface area contributed by atoms with E-state index in [4.69, 9.17) is 0 Å². The molecule has 3 N–H and O–H groups in total. The fourth-order valence-electron chi connectivity index (χ4n) is 8.72. The maximum Gasteiger partial charge on any atom is 0.130 e. The van der Waals surface area contributed by atoms with E-state index in [2.05, 4.69) is 42.7 Å². The molecule has 0 radical (unpaired) electrons.